The lowest BCUT2D eigenvalue weighted by atomic mass is 10.2. The number of nitrogens with zero attached hydrogens (tertiary/aromatic N) is 1. The van der Waals surface area contributed by atoms with Crippen molar-refractivity contribution in [2.45, 2.75) is 19.9 Å². The summed E-state index contributed by atoms with van der Waals surface area (Å²) in [6.45, 7) is 4.80. The van der Waals surface area contributed by atoms with Gasteiger partial charge in [-0.05, 0) is 19.9 Å². The van der Waals surface area contributed by atoms with E-state index in [9.17, 15) is 0 Å². The van der Waals surface area contributed by atoms with E-state index in [1.807, 2.05) is 30.3 Å². The highest BCUT2D eigenvalue weighted by molar-refractivity contribution is 5.10. The number of rotatable bonds is 2. The Morgan fingerprint density at radius 2 is 2.30 bits per heavy atom. The summed E-state index contributed by atoms with van der Waals surface area (Å²) < 4.78 is 0. The zero-order valence-corrected chi connectivity index (χ0v) is 6.45. The molecule has 10 heavy (non-hydrogen) atoms. The topological polar surface area (TPSA) is 12.5 Å². The van der Waals surface area contributed by atoms with E-state index in [0.717, 1.165) is 6.61 Å². The van der Waals surface area contributed by atoms with Crippen LogP contribution in [-0.4, -0.2) is 17.7 Å². The molecule has 2 nitrogen and oxygen atoms in total. The van der Waals surface area contributed by atoms with Gasteiger partial charge in [0.2, 0.25) is 0 Å². The van der Waals surface area contributed by atoms with Crippen molar-refractivity contribution in [1.82, 2.24) is 5.06 Å². The summed E-state index contributed by atoms with van der Waals surface area (Å²) in [5.41, 5.74) is 0. The minimum atomic E-state index is 0.366. The number of hydrogen-bond acceptors (Lipinski definition) is 2. The molecule has 0 spiro atoms. The van der Waals surface area contributed by atoms with E-state index in [2.05, 4.69) is 13.0 Å². The smallest absolute Gasteiger partial charge is 0.0720 e. The van der Waals surface area contributed by atoms with Crippen LogP contribution in [0.25, 0.3) is 0 Å². The van der Waals surface area contributed by atoms with Gasteiger partial charge in [-0.25, -0.2) is 0 Å². The fraction of sp³-hybridized carbons (Fsp3) is 0.500. The molecule has 0 aromatic carbocycles. The number of allylic oxidation sites excluding steroid dienone is 2. The summed E-state index contributed by atoms with van der Waals surface area (Å²) in [5, 5.41) is 1.85. The van der Waals surface area contributed by atoms with Crippen LogP contribution in [0.5, 0.6) is 0 Å². The predicted octanol–water partition coefficient (Wildman–Crippen LogP) is 1.71. The number of hydroxylamine groups is 2. The minimum Gasteiger partial charge on any atom is -0.274 e. The van der Waals surface area contributed by atoms with Crippen LogP contribution in [0.4, 0.5) is 0 Å². The van der Waals surface area contributed by atoms with Crippen molar-refractivity contribution in [3.63, 3.8) is 0 Å². The monoisotopic (exact) mass is 139 g/mol. The Bertz CT molecular complexity index is 151. The second kappa shape index (κ2) is 3.42. The van der Waals surface area contributed by atoms with Gasteiger partial charge in [-0.15, -0.1) is 0 Å². The first-order valence-corrected chi connectivity index (χ1v) is 3.61. The maximum absolute atomic E-state index is 5.29. The quantitative estimate of drug-likeness (QED) is 0.577. The van der Waals surface area contributed by atoms with Gasteiger partial charge in [0.15, 0.2) is 0 Å². The molecule has 0 aliphatic carbocycles. The molecule has 1 heterocycles. The maximum atomic E-state index is 5.29. The first-order chi connectivity index (χ1) is 4.84. The van der Waals surface area contributed by atoms with Crippen LogP contribution in [0.1, 0.15) is 13.8 Å². The van der Waals surface area contributed by atoms with Gasteiger partial charge in [0.05, 0.1) is 12.6 Å². The molecule has 0 N–H and O–H groups in total. The molecule has 56 valence electrons. The van der Waals surface area contributed by atoms with Gasteiger partial charge >= 0.3 is 0 Å². The van der Waals surface area contributed by atoms with E-state index >= 15 is 0 Å². The van der Waals surface area contributed by atoms with Crippen LogP contribution in [0, 0.1) is 0 Å². The lowest BCUT2D eigenvalue weighted by Gasteiger charge is -2.25. The molecule has 1 rings (SSSR count). The SMILES string of the molecule is CCON1C=CC=CC1C. The van der Waals surface area contributed by atoms with Gasteiger partial charge in [0.1, 0.15) is 0 Å². The summed E-state index contributed by atoms with van der Waals surface area (Å²) >= 11 is 0. The third-order valence-electron chi connectivity index (χ3n) is 1.41. The van der Waals surface area contributed by atoms with E-state index < -0.39 is 0 Å². The zero-order chi connectivity index (χ0) is 7.40. The van der Waals surface area contributed by atoms with Gasteiger partial charge in [-0.1, -0.05) is 12.2 Å². The molecule has 1 aliphatic heterocycles. The molecule has 0 amide bonds. The zero-order valence-electron chi connectivity index (χ0n) is 6.45. The van der Waals surface area contributed by atoms with Crippen molar-refractivity contribution >= 4 is 0 Å². The van der Waals surface area contributed by atoms with E-state index in [1.54, 1.807) is 0 Å². The van der Waals surface area contributed by atoms with Gasteiger partial charge in [0, 0.05) is 6.20 Å². The molecule has 1 aliphatic rings. The summed E-state index contributed by atoms with van der Waals surface area (Å²) in [6.07, 6.45) is 8.03. The maximum Gasteiger partial charge on any atom is 0.0720 e. The Labute approximate surface area is 61.7 Å². The average molecular weight is 139 g/mol. The third-order valence-corrected chi connectivity index (χ3v) is 1.41. The highest BCUT2D eigenvalue weighted by Gasteiger charge is 2.07. The van der Waals surface area contributed by atoms with Crippen molar-refractivity contribution < 1.29 is 4.84 Å². The van der Waals surface area contributed by atoms with Crippen molar-refractivity contribution in [1.29, 1.82) is 0 Å². The first kappa shape index (κ1) is 7.35. The summed E-state index contributed by atoms with van der Waals surface area (Å²) in [5.74, 6) is 0. The summed E-state index contributed by atoms with van der Waals surface area (Å²) in [7, 11) is 0. The number of hydrogen-bond donors (Lipinski definition) is 0. The molecule has 2 heteroatoms. The highest BCUT2D eigenvalue weighted by Crippen LogP contribution is 2.07. The molecule has 0 saturated carbocycles. The van der Waals surface area contributed by atoms with E-state index in [0.29, 0.717) is 6.04 Å². The molecule has 0 aromatic rings. The highest BCUT2D eigenvalue weighted by atomic mass is 16.7. The van der Waals surface area contributed by atoms with Crippen molar-refractivity contribution in [2.75, 3.05) is 6.61 Å². The molecular weight excluding hydrogens is 126 g/mol. The Morgan fingerprint density at radius 3 is 2.90 bits per heavy atom. The van der Waals surface area contributed by atoms with E-state index in [1.165, 1.54) is 0 Å². The Hall–Kier alpha value is -0.760. The molecule has 0 aromatic heterocycles. The molecule has 1 atom stereocenters. The average Bonchev–Trinajstić information content (AvgIpc) is 1.94. The van der Waals surface area contributed by atoms with Crippen LogP contribution in [0.2, 0.25) is 0 Å². The lowest BCUT2D eigenvalue weighted by Crippen LogP contribution is -2.27. The van der Waals surface area contributed by atoms with Crippen LogP contribution in [0.3, 0.4) is 0 Å². The molecular formula is C8H13NO. The second-order valence-corrected chi connectivity index (χ2v) is 2.24. The van der Waals surface area contributed by atoms with Crippen LogP contribution in [-0.2, 0) is 4.84 Å². The fourth-order valence-corrected chi connectivity index (χ4v) is 0.890. The Balaban J connectivity index is 2.44. The fourth-order valence-electron chi connectivity index (χ4n) is 0.890. The van der Waals surface area contributed by atoms with Crippen molar-refractivity contribution in [3.05, 3.63) is 24.4 Å². The van der Waals surface area contributed by atoms with Crippen molar-refractivity contribution in [2.24, 2.45) is 0 Å². The molecule has 0 radical (unpaired) electrons. The van der Waals surface area contributed by atoms with Gasteiger partial charge in [0.25, 0.3) is 0 Å². The predicted molar refractivity (Wildman–Crippen MR) is 41.2 cm³/mol. The standard InChI is InChI=1S/C8H13NO/c1-3-10-9-7-5-4-6-8(9)2/h4-8H,3H2,1-2H3. The van der Waals surface area contributed by atoms with Gasteiger partial charge in [-0.2, -0.15) is 0 Å². The molecule has 0 fully saturated rings. The third kappa shape index (κ3) is 1.61. The summed E-state index contributed by atoms with van der Waals surface area (Å²) in [4.78, 5) is 5.29. The largest absolute Gasteiger partial charge is 0.274 e. The molecule has 0 saturated heterocycles. The van der Waals surface area contributed by atoms with Crippen molar-refractivity contribution in [3.8, 4) is 0 Å². The second-order valence-electron chi connectivity index (χ2n) is 2.24. The van der Waals surface area contributed by atoms with E-state index in [-0.39, 0.29) is 0 Å². The van der Waals surface area contributed by atoms with Gasteiger partial charge < -0.3 is 0 Å². The molecule has 0 bridgehead atoms. The van der Waals surface area contributed by atoms with Gasteiger partial charge in [-0.3, -0.25) is 9.90 Å². The molecule has 1 unspecified atom stereocenters. The Kier molecular flexibility index (Phi) is 2.51. The lowest BCUT2D eigenvalue weighted by molar-refractivity contribution is -0.130. The van der Waals surface area contributed by atoms with Crippen LogP contribution < -0.4 is 0 Å². The minimum absolute atomic E-state index is 0.366. The first-order valence-electron chi connectivity index (χ1n) is 3.61. The summed E-state index contributed by atoms with van der Waals surface area (Å²) in [6, 6.07) is 0.366. The Morgan fingerprint density at radius 1 is 1.50 bits per heavy atom. The van der Waals surface area contributed by atoms with Crippen LogP contribution >= 0.6 is 0 Å². The van der Waals surface area contributed by atoms with E-state index in [4.69, 9.17) is 4.84 Å². The normalized spacial score (nSPS) is 23.8. The van der Waals surface area contributed by atoms with Crippen LogP contribution in [0.15, 0.2) is 24.4 Å².